The van der Waals surface area contributed by atoms with Gasteiger partial charge in [0.1, 0.15) is 8.07 Å². The minimum atomic E-state index is -2.41. The molecule has 0 aliphatic heterocycles. The molecule has 0 aromatic heterocycles. The molecule has 0 bridgehead atoms. The van der Waals surface area contributed by atoms with Crippen molar-refractivity contribution in [1.29, 1.82) is 0 Å². The summed E-state index contributed by atoms with van der Waals surface area (Å²) in [5, 5.41) is 10.4. The number of rotatable bonds is 5. The SMILES string of the molecule is CCC1=C([Si](C)(C2=C(CC)Cc3ccc4ccccc4c32)c2ccccc2)c2c(ccc3ccccc23)C1. The first-order valence-corrected chi connectivity index (χ1v) is 16.7. The molecule has 0 saturated heterocycles. The second kappa shape index (κ2) is 8.96. The van der Waals surface area contributed by atoms with E-state index in [1.807, 2.05) is 0 Å². The van der Waals surface area contributed by atoms with Crippen LogP contribution in [-0.4, -0.2) is 8.07 Å². The molecular formula is C37H34Si. The molecule has 0 spiro atoms. The van der Waals surface area contributed by atoms with Crippen LogP contribution in [0, 0.1) is 0 Å². The van der Waals surface area contributed by atoms with Gasteiger partial charge in [0.25, 0.3) is 0 Å². The van der Waals surface area contributed by atoms with Crippen LogP contribution in [0.25, 0.3) is 31.9 Å². The fourth-order valence-corrected chi connectivity index (χ4v) is 12.7. The van der Waals surface area contributed by atoms with Gasteiger partial charge in [0.2, 0.25) is 0 Å². The first kappa shape index (κ1) is 23.4. The molecule has 0 unspecified atom stereocenters. The molecule has 0 heterocycles. The maximum Gasteiger partial charge on any atom is 0.146 e. The van der Waals surface area contributed by atoms with Gasteiger partial charge in [-0.3, -0.25) is 0 Å². The van der Waals surface area contributed by atoms with E-state index in [2.05, 4.69) is 124 Å². The molecule has 7 rings (SSSR count). The van der Waals surface area contributed by atoms with Gasteiger partial charge in [-0.2, -0.15) is 0 Å². The van der Waals surface area contributed by atoms with Gasteiger partial charge >= 0.3 is 0 Å². The van der Waals surface area contributed by atoms with E-state index >= 15 is 0 Å². The Morgan fingerprint density at radius 1 is 0.526 bits per heavy atom. The molecule has 0 amide bonds. The zero-order chi connectivity index (χ0) is 25.9. The average molecular weight is 507 g/mol. The van der Waals surface area contributed by atoms with Crippen LogP contribution in [0.2, 0.25) is 6.55 Å². The molecule has 0 nitrogen and oxygen atoms in total. The van der Waals surface area contributed by atoms with Gasteiger partial charge in [0.05, 0.1) is 0 Å². The van der Waals surface area contributed by atoms with Gasteiger partial charge in [-0.15, -0.1) is 0 Å². The third kappa shape index (κ3) is 3.28. The molecule has 1 heteroatoms. The molecule has 2 aliphatic carbocycles. The third-order valence-electron chi connectivity index (χ3n) is 9.25. The zero-order valence-electron chi connectivity index (χ0n) is 22.6. The second-order valence-electron chi connectivity index (χ2n) is 11.2. The Balaban J connectivity index is 1.62. The van der Waals surface area contributed by atoms with Crippen molar-refractivity contribution in [3.8, 4) is 0 Å². The lowest BCUT2D eigenvalue weighted by atomic mass is 10.0. The van der Waals surface area contributed by atoms with E-state index in [-0.39, 0.29) is 0 Å². The Morgan fingerprint density at radius 3 is 1.45 bits per heavy atom. The van der Waals surface area contributed by atoms with E-state index in [4.69, 9.17) is 0 Å². The Morgan fingerprint density at radius 2 is 0.974 bits per heavy atom. The van der Waals surface area contributed by atoms with Gasteiger partial charge in [0, 0.05) is 0 Å². The smallest absolute Gasteiger partial charge is 0.0654 e. The van der Waals surface area contributed by atoms with E-state index in [0.717, 1.165) is 25.7 Å². The van der Waals surface area contributed by atoms with Crippen molar-refractivity contribution in [2.45, 2.75) is 46.1 Å². The molecular weight excluding hydrogens is 472 g/mol. The molecule has 0 saturated carbocycles. The lowest BCUT2D eigenvalue weighted by molar-refractivity contribution is 1.04. The summed E-state index contributed by atoms with van der Waals surface area (Å²) in [6.07, 6.45) is 4.37. The molecule has 0 radical (unpaired) electrons. The van der Waals surface area contributed by atoms with E-state index < -0.39 is 8.07 Å². The molecule has 0 atom stereocenters. The highest BCUT2D eigenvalue weighted by atomic mass is 28.3. The fourth-order valence-electron chi connectivity index (χ4n) is 7.50. The highest BCUT2D eigenvalue weighted by Gasteiger charge is 2.47. The van der Waals surface area contributed by atoms with Crippen molar-refractivity contribution < 1.29 is 0 Å². The summed E-state index contributed by atoms with van der Waals surface area (Å²) in [7, 11) is -2.41. The standard InChI is InChI=1S/C37H34Si/c1-4-25-23-29-21-19-27-13-9-11-17-32(27)34(29)36(25)38(3,31-15-7-6-8-16-31)37-26(5-2)24-30-22-20-28-14-10-12-18-33(28)35(30)37/h6-22H,4-5,23-24H2,1-3H3. The molecule has 5 aromatic carbocycles. The van der Waals surface area contributed by atoms with Gasteiger partial charge < -0.3 is 0 Å². The quantitative estimate of drug-likeness (QED) is 0.208. The normalized spacial score (nSPS) is 15.0. The summed E-state index contributed by atoms with van der Waals surface area (Å²) < 4.78 is 0. The minimum Gasteiger partial charge on any atom is -0.0654 e. The highest BCUT2D eigenvalue weighted by molar-refractivity contribution is 7.18. The van der Waals surface area contributed by atoms with E-state index in [0.29, 0.717) is 0 Å². The summed E-state index contributed by atoms with van der Waals surface area (Å²) in [4.78, 5) is 0. The Bertz CT molecular complexity index is 1670. The first-order valence-electron chi connectivity index (χ1n) is 14.2. The predicted molar refractivity (Wildman–Crippen MR) is 167 cm³/mol. The van der Waals surface area contributed by atoms with Crippen molar-refractivity contribution in [3.63, 3.8) is 0 Å². The Hall–Kier alpha value is -3.68. The molecule has 0 N–H and O–H groups in total. The summed E-state index contributed by atoms with van der Waals surface area (Å²) in [6.45, 7) is 7.42. The number of hydrogen-bond acceptors (Lipinski definition) is 0. The van der Waals surface area contributed by atoms with Crippen molar-refractivity contribution in [2.24, 2.45) is 0 Å². The van der Waals surface area contributed by atoms with Gasteiger partial charge in [-0.25, -0.2) is 0 Å². The summed E-state index contributed by atoms with van der Waals surface area (Å²) in [5.41, 5.74) is 9.39. The van der Waals surface area contributed by atoms with Crippen LogP contribution in [0.1, 0.15) is 48.9 Å². The van der Waals surface area contributed by atoms with E-state index in [1.54, 1.807) is 21.5 Å². The van der Waals surface area contributed by atoms with Crippen LogP contribution in [0.5, 0.6) is 0 Å². The van der Waals surface area contributed by atoms with E-state index in [1.165, 1.54) is 49.0 Å². The summed E-state index contributed by atoms with van der Waals surface area (Å²) in [5.74, 6) is 0. The lowest BCUT2D eigenvalue weighted by Crippen LogP contribution is -2.48. The highest BCUT2D eigenvalue weighted by Crippen LogP contribution is 2.52. The van der Waals surface area contributed by atoms with Gasteiger partial charge in [-0.1, -0.05) is 135 Å². The zero-order valence-corrected chi connectivity index (χ0v) is 23.6. The maximum absolute atomic E-state index is 2.67. The summed E-state index contributed by atoms with van der Waals surface area (Å²) >= 11 is 0. The fraction of sp³-hybridized carbons (Fsp3) is 0.189. The molecule has 2 aliphatic rings. The van der Waals surface area contributed by atoms with Crippen LogP contribution < -0.4 is 5.19 Å². The number of allylic oxidation sites excluding steroid dienone is 2. The Kier molecular flexibility index (Phi) is 5.53. The monoisotopic (exact) mass is 506 g/mol. The number of benzene rings is 5. The lowest BCUT2D eigenvalue weighted by Gasteiger charge is -2.36. The first-order chi connectivity index (χ1) is 18.6. The maximum atomic E-state index is 2.67. The van der Waals surface area contributed by atoms with Crippen molar-refractivity contribution in [2.75, 3.05) is 0 Å². The molecule has 0 fully saturated rings. The minimum absolute atomic E-state index is 1.08. The number of hydrogen-bond donors (Lipinski definition) is 0. The van der Waals surface area contributed by atoms with Gasteiger partial charge in [-0.05, 0) is 85.1 Å². The van der Waals surface area contributed by atoms with Crippen LogP contribution in [0.4, 0.5) is 0 Å². The largest absolute Gasteiger partial charge is 0.146 e. The van der Waals surface area contributed by atoms with Crippen LogP contribution >= 0.6 is 0 Å². The Labute approximate surface area is 227 Å². The summed E-state index contributed by atoms with van der Waals surface area (Å²) in [6, 6.07) is 39.1. The van der Waals surface area contributed by atoms with Gasteiger partial charge in [0.15, 0.2) is 0 Å². The topological polar surface area (TPSA) is 0 Å². The van der Waals surface area contributed by atoms with E-state index in [9.17, 15) is 0 Å². The number of fused-ring (bicyclic) bond motifs is 6. The van der Waals surface area contributed by atoms with Crippen LogP contribution in [0.3, 0.4) is 0 Å². The average Bonchev–Trinajstić information content (AvgIpc) is 3.57. The molecule has 186 valence electrons. The predicted octanol–water partition coefficient (Wildman–Crippen LogP) is 9.20. The van der Waals surface area contributed by atoms with Crippen LogP contribution in [-0.2, 0) is 12.8 Å². The molecule has 38 heavy (non-hydrogen) atoms. The second-order valence-corrected chi connectivity index (χ2v) is 15.0. The van der Waals surface area contributed by atoms with Crippen molar-refractivity contribution in [1.82, 2.24) is 0 Å². The molecule has 5 aromatic rings. The van der Waals surface area contributed by atoms with Crippen molar-refractivity contribution in [3.05, 3.63) is 137 Å². The van der Waals surface area contributed by atoms with Crippen molar-refractivity contribution >= 4 is 45.2 Å². The van der Waals surface area contributed by atoms with Crippen LogP contribution in [0.15, 0.2) is 114 Å². The third-order valence-corrected chi connectivity index (χ3v) is 13.9.